The fraction of sp³-hybridized carbons (Fsp3) is 0.389. The standard InChI is InChI=1S/C18H15N3O5/c22-14-4-1-9(21(25)26)5-8(14)7-19-20-17(23)15-10-2-3-11(13-6-12(10)13)16(15)18(20)24/h1-5,7,10-13,15-16,22H,6H2/b19-7-/t10-,11-,12-,13+,15-,16-/m1/s1. The Hall–Kier alpha value is -3.03. The molecule has 2 bridgehead atoms. The van der Waals surface area contributed by atoms with Crippen LogP contribution in [0.15, 0.2) is 35.5 Å². The Labute approximate surface area is 147 Å². The highest BCUT2D eigenvalue weighted by Gasteiger charge is 2.67. The SMILES string of the molecule is O=C1[C@@H]2[C@@H]3C=C[C@H]([C@@H]4C[C@H]34)[C@H]2C(=O)N1/N=C\c1cc([N+](=O)[O-])ccc1O. The molecule has 0 aromatic heterocycles. The van der Waals surface area contributed by atoms with Gasteiger partial charge in [0.2, 0.25) is 0 Å². The van der Waals surface area contributed by atoms with Gasteiger partial charge in [0.05, 0.1) is 23.0 Å². The maximum Gasteiger partial charge on any atom is 0.270 e. The monoisotopic (exact) mass is 353 g/mol. The third kappa shape index (κ3) is 1.92. The Bertz CT molecular complexity index is 887. The average molecular weight is 353 g/mol. The molecule has 3 fully saturated rings. The Morgan fingerprint density at radius 1 is 1.15 bits per heavy atom. The largest absolute Gasteiger partial charge is 0.507 e. The summed E-state index contributed by atoms with van der Waals surface area (Å²) < 4.78 is 0. The van der Waals surface area contributed by atoms with Crippen molar-refractivity contribution in [1.29, 1.82) is 0 Å². The van der Waals surface area contributed by atoms with Gasteiger partial charge in [0, 0.05) is 17.7 Å². The van der Waals surface area contributed by atoms with Gasteiger partial charge >= 0.3 is 0 Å². The number of phenols is 1. The number of hydrazone groups is 1. The molecular formula is C18H15N3O5. The van der Waals surface area contributed by atoms with E-state index in [1.54, 1.807) is 0 Å². The highest BCUT2D eigenvalue weighted by Crippen LogP contribution is 2.65. The van der Waals surface area contributed by atoms with E-state index in [1.807, 2.05) is 0 Å². The summed E-state index contributed by atoms with van der Waals surface area (Å²) in [5.41, 5.74) is -0.127. The van der Waals surface area contributed by atoms with Gasteiger partial charge < -0.3 is 5.11 Å². The number of hydrogen-bond acceptors (Lipinski definition) is 6. The second kappa shape index (κ2) is 5.00. The summed E-state index contributed by atoms with van der Waals surface area (Å²) in [5.74, 6) is -0.305. The molecule has 0 radical (unpaired) electrons. The number of imide groups is 1. The lowest BCUT2D eigenvalue weighted by molar-refractivity contribution is -0.384. The zero-order valence-corrected chi connectivity index (χ0v) is 13.6. The van der Waals surface area contributed by atoms with Gasteiger partial charge in [-0.05, 0) is 36.2 Å². The third-order valence-corrected chi connectivity index (χ3v) is 6.17. The zero-order valence-electron chi connectivity index (χ0n) is 13.6. The first-order valence-electron chi connectivity index (χ1n) is 8.55. The number of hydrogen-bond donors (Lipinski definition) is 1. The van der Waals surface area contributed by atoms with Gasteiger partial charge in [-0.3, -0.25) is 19.7 Å². The molecule has 8 heteroatoms. The van der Waals surface area contributed by atoms with Crippen LogP contribution in [0, 0.1) is 45.6 Å². The maximum absolute atomic E-state index is 12.8. The van der Waals surface area contributed by atoms with E-state index in [9.17, 15) is 24.8 Å². The molecule has 132 valence electrons. The minimum Gasteiger partial charge on any atom is -0.507 e. The molecule has 26 heavy (non-hydrogen) atoms. The van der Waals surface area contributed by atoms with Crippen LogP contribution in [0.5, 0.6) is 5.75 Å². The second-order valence-corrected chi connectivity index (χ2v) is 7.39. The number of phenolic OH excluding ortho intramolecular Hbond substituents is 1. The van der Waals surface area contributed by atoms with E-state index in [2.05, 4.69) is 17.3 Å². The fourth-order valence-electron chi connectivity index (χ4n) is 4.93. The summed E-state index contributed by atoms with van der Waals surface area (Å²) in [6.07, 6.45) is 6.36. The van der Waals surface area contributed by atoms with Gasteiger partial charge in [-0.15, -0.1) is 0 Å². The van der Waals surface area contributed by atoms with Crippen LogP contribution in [0.25, 0.3) is 0 Å². The molecule has 1 N–H and O–H groups in total. The molecule has 2 amide bonds. The Kier molecular flexibility index (Phi) is 2.93. The van der Waals surface area contributed by atoms with E-state index in [-0.39, 0.29) is 52.5 Å². The van der Waals surface area contributed by atoms with E-state index in [0.29, 0.717) is 11.8 Å². The summed E-state index contributed by atoms with van der Waals surface area (Å²) >= 11 is 0. The smallest absolute Gasteiger partial charge is 0.270 e. The van der Waals surface area contributed by atoms with Crippen molar-refractivity contribution in [2.24, 2.45) is 40.6 Å². The first kappa shape index (κ1) is 15.2. The fourth-order valence-corrected chi connectivity index (χ4v) is 4.93. The zero-order chi connectivity index (χ0) is 18.2. The lowest BCUT2D eigenvalue weighted by atomic mass is 9.63. The van der Waals surface area contributed by atoms with E-state index >= 15 is 0 Å². The van der Waals surface area contributed by atoms with E-state index in [4.69, 9.17) is 0 Å². The van der Waals surface area contributed by atoms with Gasteiger partial charge in [0.15, 0.2) is 0 Å². The van der Waals surface area contributed by atoms with Crippen LogP contribution in [0.2, 0.25) is 0 Å². The quantitative estimate of drug-likeness (QED) is 0.292. The Morgan fingerprint density at radius 3 is 2.35 bits per heavy atom. The molecule has 8 nitrogen and oxygen atoms in total. The summed E-state index contributed by atoms with van der Waals surface area (Å²) in [6.45, 7) is 0. The number of amides is 2. The van der Waals surface area contributed by atoms with Crippen LogP contribution in [-0.2, 0) is 9.59 Å². The maximum atomic E-state index is 12.8. The number of nitrogens with zero attached hydrogens (tertiary/aromatic N) is 3. The van der Waals surface area contributed by atoms with Gasteiger partial charge in [0.25, 0.3) is 17.5 Å². The van der Waals surface area contributed by atoms with Crippen molar-refractivity contribution in [2.75, 3.05) is 0 Å². The van der Waals surface area contributed by atoms with Gasteiger partial charge in [-0.2, -0.15) is 10.1 Å². The van der Waals surface area contributed by atoms with Gasteiger partial charge in [-0.1, -0.05) is 12.2 Å². The van der Waals surface area contributed by atoms with Crippen molar-refractivity contribution in [3.63, 3.8) is 0 Å². The molecule has 5 aliphatic rings. The summed E-state index contributed by atoms with van der Waals surface area (Å²) in [6, 6.07) is 3.50. The summed E-state index contributed by atoms with van der Waals surface area (Å²) in [7, 11) is 0. The number of rotatable bonds is 3. The number of nitro benzene ring substituents is 1. The first-order valence-corrected chi connectivity index (χ1v) is 8.55. The third-order valence-electron chi connectivity index (χ3n) is 6.17. The number of benzene rings is 1. The number of nitro groups is 1. The summed E-state index contributed by atoms with van der Waals surface area (Å²) in [5, 5.41) is 25.6. The number of allylic oxidation sites excluding steroid dienone is 2. The highest BCUT2D eigenvalue weighted by molar-refractivity contribution is 6.06. The molecule has 2 saturated carbocycles. The molecule has 0 unspecified atom stereocenters. The van der Waals surface area contributed by atoms with E-state index in [1.165, 1.54) is 12.1 Å². The predicted molar refractivity (Wildman–Crippen MR) is 88.9 cm³/mol. The number of carbonyl (C=O) groups excluding carboxylic acids is 2. The summed E-state index contributed by atoms with van der Waals surface area (Å²) in [4.78, 5) is 35.8. The van der Waals surface area contributed by atoms with Crippen molar-refractivity contribution < 1.29 is 19.6 Å². The first-order chi connectivity index (χ1) is 12.5. The number of non-ortho nitro benzene ring substituents is 1. The molecule has 6 atom stereocenters. The minimum absolute atomic E-state index is 0.0821. The van der Waals surface area contributed by atoms with Crippen LogP contribution < -0.4 is 0 Å². The highest BCUT2D eigenvalue weighted by atomic mass is 16.6. The topological polar surface area (TPSA) is 113 Å². The molecule has 0 spiro atoms. The molecular weight excluding hydrogens is 338 g/mol. The van der Waals surface area contributed by atoms with Crippen LogP contribution in [0.1, 0.15) is 12.0 Å². The normalized spacial score (nSPS) is 36.5. The molecule has 6 rings (SSSR count). The van der Waals surface area contributed by atoms with Crippen molar-refractivity contribution in [3.8, 4) is 5.75 Å². The van der Waals surface area contributed by atoms with Crippen molar-refractivity contribution >= 4 is 23.7 Å². The molecule has 1 aromatic carbocycles. The molecule has 1 saturated heterocycles. The van der Waals surface area contributed by atoms with E-state index < -0.39 is 4.92 Å². The van der Waals surface area contributed by atoms with Crippen LogP contribution in [0.3, 0.4) is 0 Å². The molecule has 1 aliphatic heterocycles. The second-order valence-electron chi connectivity index (χ2n) is 7.39. The average Bonchev–Trinajstić information content (AvgIpc) is 3.40. The minimum atomic E-state index is -0.590. The van der Waals surface area contributed by atoms with Crippen LogP contribution >= 0.6 is 0 Å². The molecule has 1 aromatic rings. The number of carbonyl (C=O) groups is 2. The van der Waals surface area contributed by atoms with Crippen LogP contribution in [-0.4, -0.2) is 33.1 Å². The Balaban J connectivity index is 1.45. The van der Waals surface area contributed by atoms with Crippen molar-refractivity contribution in [3.05, 3.63) is 46.0 Å². The van der Waals surface area contributed by atoms with Gasteiger partial charge in [0.1, 0.15) is 5.75 Å². The van der Waals surface area contributed by atoms with E-state index in [0.717, 1.165) is 23.7 Å². The lowest BCUT2D eigenvalue weighted by Crippen LogP contribution is -2.40. The molecule has 4 aliphatic carbocycles. The Morgan fingerprint density at radius 2 is 1.77 bits per heavy atom. The van der Waals surface area contributed by atoms with Gasteiger partial charge in [-0.25, -0.2) is 0 Å². The van der Waals surface area contributed by atoms with Crippen LogP contribution in [0.4, 0.5) is 5.69 Å². The number of aromatic hydroxyl groups is 1. The van der Waals surface area contributed by atoms with Crippen molar-refractivity contribution in [1.82, 2.24) is 5.01 Å². The predicted octanol–water partition coefficient (Wildman–Crippen LogP) is 1.69. The lowest BCUT2D eigenvalue weighted by Gasteiger charge is -2.37. The molecule has 1 heterocycles. The van der Waals surface area contributed by atoms with Crippen molar-refractivity contribution in [2.45, 2.75) is 6.42 Å².